The predicted molar refractivity (Wildman–Crippen MR) is 76.8 cm³/mol. The highest BCUT2D eigenvalue weighted by atomic mass is 79.9. The summed E-state index contributed by atoms with van der Waals surface area (Å²) in [6.45, 7) is -0.0283. The van der Waals surface area contributed by atoms with Gasteiger partial charge >= 0.3 is 5.97 Å². The lowest BCUT2D eigenvalue weighted by atomic mass is 10.2. The lowest BCUT2D eigenvalue weighted by Crippen LogP contribution is -2.04. The number of hydrogen-bond acceptors (Lipinski definition) is 2. The molecule has 104 valence electrons. The Bertz CT molecular complexity index is 661. The lowest BCUT2D eigenvalue weighted by Gasteiger charge is -2.12. The molecule has 2 rings (SSSR count). The zero-order chi connectivity index (χ0) is 14.7. The van der Waals surface area contributed by atoms with Crippen molar-refractivity contribution in [3.8, 4) is 5.75 Å². The summed E-state index contributed by atoms with van der Waals surface area (Å²) < 4.78 is 19.3. The number of benzene rings is 2. The van der Waals surface area contributed by atoms with Gasteiger partial charge in [0.1, 0.15) is 23.7 Å². The van der Waals surface area contributed by atoms with E-state index in [0.29, 0.717) is 10.0 Å². The normalized spacial score (nSPS) is 10.3. The molecule has 1 N–H and O–H groups in total. The second-order valence-electron chi connectivity index (χ2n) is 3.92. The van der Waals surface area contributed by atoms with E-state index in [1.54, 1.807) is 18.2 Å². The first-order valence-corrected chi connectivity index (χ1v) is 6.75. The summed E-state index contributed by atoms with van der Waals surface area (Å²) in [5.74, 6) is -1.47. The minimum absolute atomic E-state index is 0.0203. The smallest absolute Gasteiger partial charge is 0.339 e. The highest BCUT2D eigenvalue weighted by Gasteiger charge is 2.15. The summed E-state index contributed by atoms with van der Waals surface area (Å²) in [6, 6.07) is 9.05. The molecule has 0 amide bonds. The minimum Gasteiger partial charge on any atom is -0.487 e. The van der Waals surface area contributed by atoms with Crippen LogP contribution in [0.2, 0.25) is 5.02 Å². The Morgan fingerprint density at radius 3 is 2.70 bits per heavy atom. The van der Waals surface area contributed by atoms with Gasteiger partial charge in [-0.3, -0.25) is 0 Å². The minimum atomic E-state index is -1.10. The van der Waals surface area contributed by atoms with E-state index in [2.05, 4.69) is 15.9 Å². The van der Waals surface area contributed by atoms with Crippen molar-refractivity contribution in [1.29, 1.82) is 0 Å². The summed E-state index contributed by atoms with van der Waals surface area (Å²) in [5, 5.41) is 9.07. The Morgan fingerprint density at radius 2 is 2.00 bits per heavy atom. The van der Waals surface area contributed by atoms with Gasteiger partial charge in [-0.2, -0.15) is 0 Å². The van der Waals surface area contributed by atoms with Gasteiger partial charge in [0, 0.05) is 5.56 Å². The Kier molecular flexibility index (Phi) is 4.62. The third-order valence-corrected chi connectivity index (χ3v) is 3.65. The van der Waals surface area contributed by atoms with Crippen LogP contribution in [-0.4, -0.2) is 11.1 Å². The molecular formula is C14H9BrClFO3. The average molecular weight is 360 g/mol. The van der Waals surface area contributed by atoms with Crippen LogP contribution in [0.25, 0.3) is 0 Å². The molecule has 0 aromatic heterocycles. The van der Waals surface area contributed by atoms with Crippen molar-refractivity contribution in [2.75, 3.05) is 0 Å². The number of halogens is 3. The maximum absolute atomic E-state index is 13.3. The monoisotopic (exact) mass is 358 g/mol. The zero-order valence-corrected chi connectivity index (χ0v) is 12.4. The van der Waals surface area contributed by atoms with E-state index in [1.165, 1.54) is 18.2 Å². The number of carboxylic acids is 1. The first-order chi connectivity index (χ1) is 9.50. The van der Waals surface area contributed by atoms with Crippen LogP contribution in [0.5, 0.6) is 5.75 Å². The molecule has 0 atom stereocenters. The third kappa shape index (κ3) is 3.11. The topological polar surface area (TPSA) is 46.5 Å². The van der Waals surface area contributed by atoms with E-state index in [0.717, 1.165) is 0 Å². The molecule has 0 radical (unpaired) electrons. The Labute approximate surface area is 128 Å². The summed E-state index contributed by atoms with van der Waals surface area (Å²) in [4.78, 5) is 11.1. The van der Waals surface area contributed by atoms with Crippen LogP contribution in [0.3, 0.4) is 0 Å². The summed E-state index contributed by atoms with van der Waals surface area (Å²) in [7, 11) is 0. The molecule has 0 saturated carbocycles. The summed E-state index contributed by atoms with van der Waals surface area (Å²) >= 11 is 9.05. The molecule has 3 nitrogen and oxygen atoms in total. The molecule has 0 aliphatic rings. The van der Waals surface area contributed by atoms with Crippen LogP contribution in [0, 0.1) is 5.82 Å². The fraction of sp³-hybridized carbons (Fsp3) is 0.0714. The lowest BCUT2D eigenvalue weighted by molar-refractivity contribution is 0.0691. The van der Waals surface area contributed by atoms with Crippen LogP contribution in [0.4, 0.5) is 4.39 Å². The molecule has 2 aromatic carbocycles. The second kappa shape index (κ2) is 6.24. The van der Waals surface area contributed by atoms with Crippen molar-refractivity contribution in [3.63, 3.8) is 0 Å². The highest BCUT2D eigenvalue weighted by Crippen LogP contribution is 2.30. The van der Waals surface area contributed by atoms with Gasteiger partial charge in [-0.1, -0.05) is 29.8 Å². The fourth-order valence-corrected chi connectivity index (χ4v) is 2.30. The Hall–Kier alpha value is -1.59. The van der Waals surface area contributed by atoms with Gasteiger partial charge in [0.25, 0.3) is 0 Å². The second-order valence-corrected chi connectivity index (χ2v) is 5.16. The molecule has 0 aliphatic heterocycles. The zero-order valence-electron chi connectivity index (χ0n) is 10.1. The van der Waals surface area contributed by atoms with Crippen LogP contribution >= 0.6 is 27.5 Å². The first-order valence-electron chi connectivity index (χ1n) is 5.58. The highest BCUT2D eigenvalue weighted by molar-refractivity contribution is 9.10. The first kappa shape index (κ1) is 14.8. The number of carboxylic acid groups (broad SMARTS) is 1. The summed E-state index contributed by atoms with van der Waals surface area (Å²) in [6.07, 6.45) is 0. The van der Waals surface area contributed by atoms with Crippen molar-refractivity contribution < 1.29 is 19.0 Å². The van der Waals surface area contributed by atoms with E-state index in [-0.39, 0.29) is 22.9 Å². The molecule has 20 heavy (non-hydrogen) atoms. The van der Waals surface area contributed by atoms with Gasteiger partial charge < -0.3 is 9.84 Å². The molecule has 0 fully saturated rings. The van der Waals surface area contributed by atoms with Crippen molar-refractivity contribution in [2.24, 2.45) is 0 Å². The molecular weight excluding hydrogens is 351 g/mol. The van der Waals surface area contributed by atoms with Crippen molar-refractivity contribution in [1.82, 2.24) is 0 Å². The molecule has 0 bridgehead atoms. The van der Waals surface area contributed by atoms with Gasteiger partial charge in [0.15, 0.2) is 0 Å². The van der Waals surface area contributed by atoms with Crippen molar-refractivity contribution >= 4 is 33.5 Å². The fourth-order valence-electron chi connectivity index (χ4n) is 1.63. The van der Waals surface area contributed by atoms with Crippen LogP contribution < -0.4 is 4.74 Å². The maximum Gasteiger partial charge on any atom is 0.339 e. The summed E-state index contributed by atoms with van der Waals surface area (Å²) in [5.41, 5.74) is 0.464. The van der Waals surface area contributed by atoms with Gasteiger partial charge in [0.2, 0.25) is 0 Å². The number of ether oxygens (including phenoxy) is 1. The van der Waals surface area contributed by atoms with Crippen molar-refractivity contribution in [2.45, 2.75) is 6.61 Å². The van der Waals surface area contributed by atoms with Crippen molar-refractivity contribution in [3.05, 3.63) is 62.8 Å². The molecule has 0 spiro atoms. The van der Waals surface area contributed by atoms with E-state index in [1.807, 2.05) is 0 Å². The number of para-hydroxylation sites is 1. The number of hydrogen-bond donors (Lipinski definition) is 1. The number of carbonyl (C=O) groups is 1. The van der Waals surface area contributed by atoms with E-state index in [4.69, 9.17) is 21.4 Å². The maximum atomic E-state index is 13.3. The van der Waals surface area contributed by atoms with Crippen LogP contribution in [0.1, 0.15) is 15.9 Å². The van der Waals surface area contributed by atoms with E-state index >= 15 is 0 Å². The van der Waals surface area contributed by atoms with Gasteiger partial charge in [-0.15, -0.1) is 0 Å². The van der Waals surface area contributed by atoms with E-state index < -0.39 is 11.8 Å². The molecule has 0 saturated heterocycles. The molecule has 6 heteroatoms. The molecule has 0 heterocycles. The van der Waals surface area contributed by atoms with Gasteiger partial charge in [-0.05, 0) is 34.1 Å². The van der Waals surface area contributed by atoms with Gasteiger partial charge in [0.05, 0.1) is 9.50 Å². The largest absolute Gasteiger partial charge is 0.487 e. The quantitative estimate of drug-likeness (QED) is 0.873. The van der Waals surface area contributed by atoms with Crippen LogP contribution in [0.15, 0.2) is 40.9 Å². The Balaban J connectivity index is 2.27. The van der Waals surface area contributed by atoms with Gasteiger partial charge in [-0.25, -0.2) is 9.18 Å². The predicted octanol–water partition coefficient (Wildman–Crippen LogP) is 4.52. The standard InChI is InChI=1S/C14H9BrClFO3/c15-10-5-2-4-9(14(18)19)13(10)20-7-8-3-1-6-11(17)12(8)16/h1-6H,7H2,(H,18,19). The molecule has 0 unspecified atom stereocenters. The molecule has 2 aromatic rings. The average Bonchev–Trinajstić information content (AvgIpc) is 2.41. The van der Waals surface area contributed by atoms with E-state index in [9.17, 15) is 9.18 Å². The SMILES string of the molecule is O=C(O)c1cccc(Br)c1OCc1cccc(F)c1Cl. The molecule has 0 aliphatic carbocycles. The third-order valence-electron chi connectivity index (χ3n) is 2.60. The van der Waals surface area contributed by atoms with Crippen LogP contribution in [-0.2, 0) is 6.61 Å². The Morgan fingerprint density at radius 1 is 1.30 bits per heavy atom. The number of rotatable bonds is 4. The number of aromatic carboxylic acids is 1.